The van der Waals surface area contributed by atoms with Crippen LogP contribution < -0.4 is 0 Å². The van der Waals surface area contributed by atoms with Crippen LogP contribution in [0, 0.1) is 0 Å². The van der Waals surface area contributed by atoms with Crippen LogP contribution >= 0.6 is 11.1 Å². The van der Waals surface area contributed by atoms with Gasteiger partial charge in [0.1, 0.15) is 7.38 Å². The number of allylic oxidation sites excluding steroid dienone is 1. The molecule has 0 heterocycles. The SMILES string of the molecule is CC=CC(=O)OCCCCCCCCCCCCCCCC[Si](C)(C)Cl. The first-order chi connectivity index (χ1) is 12.5. The number of esters is 1. The zero-order valence-electron chi connectivity index (χ0n) is 17.7. The molecule has 26 heavy (non-hydrogen) atoms. The van der Waals surface area contributed by atoms with E-state index in [1.54, 1.807) is 6.08 Å². The lowest BCUT2D eigenvalue weighted by Crippen LogP contribution is -2.14. The molecule has 0 amide bonds. The highest BCUT2D eigenvalue weighted by molar-refractivity contribution is 7.19. The van der Waals surface area contributed by atoms with Gasteiger partial charge in [-0.3, -0.25) is 0 Å². The minimum Gasteiger partial charge on any atom is -0.463 e. The smallest absolute Gasteiger partial charge is 0.330 e. The highest BCUT2D eigenvalue weighted by Crippen LogP contribution is 2.19. The van der Waals surface area contributed by atoms with Crippen molar-refractivity contribution in [1.29, 1.82) is 0 Å². The zero-order chi connectivity index (χ0) is 19.5. The predicted octanol–water partition coefficient (Wildman–Crippen LogP) is 8.01. The van der Waals surface area contributed by atoms with Crippen LogP contribution in [0.15, 0.2) is 12.2 Å². The second-order valence-electron chi connectivity index (χ2n) is 8.09. The molecule has 0 fully saturated rings. The lowest BCUT2D eigenvalue weighted by atomic mass is 10.0. The van der Waals surface area contributed by atoms with Gasteiger partial charge in [0.25, 0.3) is 0 Å². The molecule has 0 rings (SSSR count). The van der Waals surface area contributed by atoms with E-state index in [1.807, 2.05) is 6.92 Å². The van der Waals surface area contributed by atoms with Gasteiger partial charge in [-0.15, -0.1) is 0 Å². The number of ether oxygens (including phenoxy) is 1. The van der Waals surface area contributed by atoms with E-state index in [4.69, 9.17) is 15.8 Å². The van der Waals surface area contributed by atoms with Crippen LogP contribution in [0.2, 0.25) is 19.1 Å². The fourth-order valence-corrected chi connectivity index (χ4v) is 4.62. The third-order valence-electron chi connectivity index (χ3n) is 4.71. The Morgan fingerprint density at radius 3 is 1.54 bits per heavy atom. The van der Waals surface area contributed by atoms with E-state index < -0.39 is 7.38 Å². The predicted molar refractivity (Wildman–Crippen MR) is 119 cm³/mol. The molecule has 0 aliphatic heterocycles. The molecule has 0 bridgehead atoms. The number of carbonyl (C=O) groups excluding carboxylic acids is 1. The van der Waals surface area contributed by atoms with Crippen molar-refractivity contribution in [2.75, 3.05) is 6.61 Å². The van der Waals surface area contributed by atoms with Crippen LogP contribution in [0.1, 0.15) is 96.8 Å². The van der Waals surface area contributed by atoms with E-state index in [0.717, 1.165) is 6.42 Å². The maximum Gasteiger partial charge on any atom is 0.330 e. The summed E-state index contributed by atoms with van der Waals surface area (Å²) in [5.41, 5.74) is 0. The maximum atomic E-state index is 11.1. The Kier molecular flexibility index (Phi) is 17.9. The van der Waals surface area contributed by atoms with Gasteiger partial charge in [-0.05, 0) is 19.4 Å². The molecule has 0 atom stereocenters. The van der Waals surface area contributed by atoms with Crippen LogP contribution in [0.25, 0.3) is 0 Å². The fourth-order valence-electron chi connectivity index (χ4n) is 3.13. The van der Waals surface area contributed by atoms with Gasteiger partial charge in [0, 0.05) is 6.08 Å². The monoisotopic (exact) mass is 402 g/mol. The number of rotatable bonds is 18. The number of halogens is 1. The summed E-state index contributed by atoms with van der Waals surface area (Å²) in [5.74, 6) is -0.214. The standard InChI is InChI=1S/C22H43ClO2Si/c1-4-19-22(24)25-20-17-15-13-11-9-7-5-6-8-10-12-14-16-18-21-26(2,3)23/h4,19H,5-18,20-21H2,1-3H3. The lowest BCUT2D eigenvalue weighted by molar-refractivity contribution is -0.137. The summed E-state index contributed by atoms with van der Waals surface area (Å²) in [6.45, 7) is 6.89. The molecule has 0 aromatic heterocycles. The van der Waals surface area contributed by atoms with Crippen molar-refractivity contribution < 1.29 is 9.53 Å². The Bertz CT molecular complexity index is 351. The Morgan fingerprint density at radius 1 is 0.769 bits per heavy atom. The third-order valence-corrected chi connectivity index (χ3v) is 6.82. The summed E-state index contributed by atoms with van der Waals surface area (Å²) in [4.78, 5) is 11.1. The van der Waals surface area contributed by atoms with Gasteiger partial charge >= 0.3 is 5.97 Å². The van der Waals surface area contributed by atoms with Crippen molar-refractivity contribution in [3.8, 4) is 0 Å². The van der Waals surface area contributed by atoms with Crippen molar-refractivity contribution in [3.63, 3.8) is 0 Å². The lowest BCUT2D eigenvalue weighted by Gasteiger charge is -2.11. The van der Waals surface area contributed by atoms with Crippen LogP contribution in [0.4, 0.5) is 0 Å². The molecule has 0 unspecified atom stereocenters. The van der Waals surface area contributed by atoms with E-state index in [1.165, 1.54) is 95.6 Å². The van der Waals surface area contributed by atoms with Crippen molar-refractivity contribution >= 4 is 24.4 Å². The molecule has 0 saturated carbocycles. The van der Waals surface area contributed by atoms with Gasteiger partial charge in [0.2, 0.25) is 0 Å². The van der Waals surface area contributed by atoms with E-state index in [2.05, 4.69) is 13.1 Å². The minimum atomic E-state index is -1.32. The van der Waals surface area contributed by atoms with Crippen LogP contribution in [0.3, 0.4) is 0 Å². The molecule has 2 nitrogen and oxygen atoms in total. The molecular weight excluding hydrogens is 360 g/mol. The molecule has 0 aromatic rings. The van der Waals surface area contributed by atoms with Crippen LogP contribution in [0.5, 0.6) is 0 Å². The van der Waals surface area contributed by atoms with Crippen LogP contribution in [-0.2, 0) is 9.53 Å². The largest absolute Gasteiger partial charge is 0.463 e. The second kappa shape index (κ2) is 18.1. The highest BCUT2D eigenvalue weighted by Gasteiger charge is 2.15. The molecule has 0 radical (unpaired) electrons. The maximum absolute atomic E-state index is 11.1. The fraction of sp³-hybridized carbons (Fsp3) is 0.864. The topological polar surface area (TPSA) is 26.3 Å². The minimum absolute atomic E-state index is 0.214. The quantitative estimate of drug-likeness (QED) is 0.0762. The number of carbonyl (C=O) groups is 1. The molecule has 154 valence electrons. The molecule has 0 aliphatic carbocycles. The molecule has 0 saturated heterocycles. The Morgan fingerprint density at radius 2 is 1.15 bits per heavy atom. The molecular formula is C22H43ClO2Si. The van der Waals surface area contributed by atoms with Gasteiger partial charge in [0.15, 0.2) is 0 Å². The van der Waals surface area contributed by atoms with Crippen molar-refractivity contribution in [1.82, 2.24) is 0 Å². The summed E-state index contributed by atoms with van der Waals surface area (Å²) in [5, 5.41) is 0. The van der Waals surface area contributed by atoms with E-state index in [-0.39, 0.29) is 5.97 Å². The van der Waals surface area contributed by atoms with Gasteiger partial charge < -0.3 is 4.74 Å². The van der Waals surface area contributed by atoms with E-state index in [9.17, 15) is 4.79 Å². The molecule has 0 spiro atoms. The first kappa shape index (κ1) is 25.7. The average Bonchev–Trinajstić information content (AvgIpc) is 2.57. The van der Waals surface area contributed by atoms with Crippen LogP contribution in [-0.4, -0.2) is 20.0 Å². The zero-order valence-corrected chi connectivity index (χ0v) is 19.4. The summed E-state index contributed by atoms with van der Waals surface area (Å²) in [7, 11) is -1.32. The molecule has 0 aliphatic rings. The number of hydrogen-bond donors (Lipinski definition) is 0. The van der Waals surface area contributed by atoms with Gasteiger partial charge in [-0.25, -0.2) is 4.79 Å². The first-order valence-electron chi connectivity index (χ1n) is 10.9. The van der Waals surface area contributed by atoms with Gasteiger partial charge in [0.05, 0.1) is 6.61 Å². The Balaban J connectivity index is 3.10. The normalized spacial score (nSPS) is 12.0. The van der Waals surface area contributed by atoms with Crippen molar-refractivity contribution in [3.05, 3.63) is 12.2 Å². The average molecular weight is 403 g/mol. The molecule has 0 aromatic carbocycles. The third kappa shape index (κ3) is 21.8. The van der Waals surface area contributed by atoms with Gasteiger partial charge in [-0.2, -0.15) is 11.1 Å². The number of hydrogen-bond acceptors (Lipinski definition) is 2. The first-order valence-corrected chi connectivity index (χ1v) is 15.2. The second-order valence-corrected chi connectivity index (χ2v) is 15.1. The summed E-state index contributed by atoms with van der Waals surface area (Å²) in [6.07, 6.45) is 21.8. The number of unbranched alkanes of at least 4 members (excludes halogenated alkanes) is 13. The Hall–Kier alpha value is -0.283. The highest BCUT2D eigenvalue weighted by atomic mass is 35.6. The molecule has 4 heteroatoms. The summed E-state index contributed by atoms with van der Waals surface area (Å²) < 4.78 is 5.08. The van der Waals surface area contributed by atoms with E-state index in [0.29, 0.717) is 6.61 Å². The molecule has 0 N–H and O–H groups in total. The van der Waals surface area contributed by atoms with E-state index >= 15 is 0 Å². The summed E-state index contributed by atoms with van der Waals surface area (Å²) >= 11 is 6.34. The summed E-state index contributed by atoms with van der Waals surface area (Å²) in [6, 6.07) is 1.27. The Labute approximate surface area is 168 Å². The van der Waals surface area contributed by atoms with Gasteiger partial charge in [-0.1, -0.05) is 103 Å². The van der Waals surface area contributed by atoms with Crippen molar-refractivity contribution in [2.24, 2.45) is 0 Å². The van der Waals surface area contributed by atoms with Crippen molar-refractivity contribution in [2.45, 2.75) is 116 Å².